The molecule has 17 N–H and O–H groups in total. The fourth-order valence-electron chi connectivity index (χ4n) is 12.6. The Morgan fingerprint density at radius 1 is 0.644 bits per heavy atom. The van der Waals surface area contributed by atoms with E-state index in [2.05, 4.69) is 73.1 Å². The Labute approximate surface area is 593 Å². The number of carboxylic acids is 1. The van der Waals surface area contributed by atoms with Crippen LogP contribution in [0.3, 0.4) is 0 Å². The number of hydrogen-bond donors (Lipinski definition) is 16. The first-order chi connectivity index (χ1) is 49.6. The smallest absolute Gasteiger partial charge is 0.305 e. The fourth-order valence-corrected chi connectivity index (χ4v) is 12.6. The lowest BCUT2D eigenvalue weighted by atomic mass is 9.94. The van der Waals surface area contributed by atoms with E-state index < -0.39 is 175 Å². The van der Waals surface area contributed by atoms with Crippen LogP contribution in [0.5, 0.6) is 5.75 Å². The summed E-state index contributed by atoms with van der Waals surface area (Å²) in [6.07, 6.45) is 4.35. The maximum absolute atomic E-state index is 15.2. The van der Waals surface area contributed by atoms with Crippen molar-refractivity contribution in [3.8, 4) is 5.75 Å². The molecule has 0 radical (unpaired) electrons. The number of phenols is 1. The molecule has 0 saturated carbocycles. The van der Waals surface area contributed by atoms with Crippen LogP contribution in [-0.4, -0.2) is 185 Å². The van der Waals surface area contributed by atoms with Crippen LogP contribution in [0.15, 0.2) is 110 Å². The normalized spacial score (nSPS) is 23.2. The molecule has 7 aromatic rings. The van der Waals surface area contributed by atoms with Gasteiger partial charge >= 0.3 is 5.97 Å². The van der Waals surface area contributed by atoms with Gasteiger partial charge in [-0.05, 0) is 122 Å². The largest absolute Gasteiger partial charge is 0.508 e. The zero-order valence-corrected chi connectivity index (χ0v) is 57.0. The third-order valence-electron chi connectivity index (χ3n) is 18.2. The van der Waals surface area contributed by atoms with Gasteiger partial charge in [-0.1, -0.05) is 37.1 Å². The predicted molar refractivity (Wildman–Crippen MR) is 370 cm³/mol. The summed E-state index contributed by atoms with van der Waals surface area (Å²) in [6, 6.07) is 6.69. The molecular weight excluding hydrogens is 1350 g/mol. The number of nitrogens with zero attached hydrogens (tertiary/aromatic N) is 2. The van der Waals surface area contributed by atoms with Crippen LogP contribution in [0.25, 0.3) is 21.8 Å². The Kier molecular flexibility index (Phi) is 25.3. The van der Waals surface area contributed by atoms with E-state index in [-0.39, 0.29) is 84.2 Å². The van der Waals surface area contributed by atoms with Crippen LogP contribution in [0, 0.1) is 11.6 Å². The van der Waals surface area contributed by atoms with E-state index in [4.69, 9.17) is 5.73 Å². The Morgan fingerprint density at radius 2 is 1.27 bits per heavy atom. The molecule has 4 aromatic carbocycles. The summed E-state index contributed by atoms with van der Waals surface area (Å²) in [6.45, 7) is 3.36. The van der Waals surface area contributed by atoms with Gasteiger partial charge in [-0.3, -0.25) is 62.3 Å². The van der Waals surface area contributed by atoms with Crippen LogP contribution in [0.1, 0.15) is 104 Å². The number of imidazole rings is 1. The van der Waals surface area contributed by atoms with Crippen molar-refractivity contribution in [3.63, 3.8) is 0 Å². The molecule has 33 heteroatoms. The van der Waals surface area contributed by atoms with Crippen LogP contribution >= 0.6 is 0 Å². The van der Waals surface area contributed by atoms with Gasteiger partial charge in [-0.15, -0.1) is 0 Å². The number of aromatic amines is 3. The van der Waals surface area contributed by atoms with E-state index in [1.54, 1.807) is 12.1 Å². The number of benzene rings is 4. The van der Waals surface area contributed by atoms with Crippen LogP contribution in [-0.2, 0) is 89.6 Å². The molecule has 3 aromatic heterocycles. The summed E-state index contributed by atoms with van der Waals surface area (Å²) in [5, 5.41) is 47.0. The van der Waals surface area contributed by atoms with Crippen molar-refractivity contribution < 1.29 is 81.3 Å². The SMILES string of the molecule is CC(=O)N[C@H]1CCCCCNC(=O)c2ccc(cc2)C[C@@H](C(N)=O)NC(=O)[C@]2(C)CCCN2C(=O)[C@H](Cc2ccc(O)cc2)NC(=O)[C@H](Cc2cnc[nH]2)NC(=O)[C@H](CC(=O)O)NC(=O)[C@H](Cc2c[nH]c3cc(F)ccc23)NC(=O)[C@H](Cc2c[nH]c3ccc(F)cc23)NC(=O)CNC(=O)[C@H](C)NC1=O. The van der Waals surface area contributed by atoms with Gasteiger partial charge in [0, 0.05) is 104 Å². The molecule has 1 fully saturated rings. The van der Waals surface area contributed by atoms with Gasteiger partial charge in [-0.2, -0.15) is 0 Å². The van der Waals surface area contributed by atoms with Crippen molar-refractivity contribution in [2.45, 2.75) is 152 Å². The molecule has 31 nitrogen and oxygen atoms in total. The van der Waals surface area contributed by atoms with Crippen molar-refractivity contribution in [2.24, 2.45) is 5.73 Å². The van der Waals surface area contributed by atoms with Crippen LogP contribution < -0.4 is 58.9 Å². The topological polar surface area (TPSA) is 472 Å². The maximum atomic E-state index is 15.2. The molecule has 0 aliphatic carbocycles. The van der Waals surface area contributed by atoms with Crippen molar-refractivity contribution in [3.05, 3.63) is 155 Å². The van der Waals surface area contributed by atoms with Gasteiger partial charge in [0.25, 0.3) is 5.91 Å². The van der Waals surface area contributed by atoms with Gasteiger partial charge in [0.05, 0.1) is 19.3 Å². The third kappa shape index (κ3) is 20.1. The number of hydrogen-bond acceptors (Lipinski definition) is 15. The lowest BCUT2D eigenvalue weighted by Gasteiger charge is -2.37. The number of aromatic hydroxyl groups is 1. The number of H-pyrrole nitrogens is 3. The van der Waals surface area contributed by atoms with E-state index in [9.17, 15) is 62.1 Å². The molecule has 3 aliphatic rings. The second kappa shape index (κ2) is 34.5. The molecule has 2 bridgehead atoms. The number of aliphatic carboxylic acids is 1. The highest BCUT2D eigenvalue weighted by Crippen LogP contribution is 2.32. The summed E-state index contributed by atoms with van der Waals surface area (Å²) in [7, 11) is 0. The number of nitrogens with one attached hydrogen (secondary N) is 13. The number of nitrogens with two attached hydrogens (primary N) is 1. The van der Waals surface area contributed by atoms with Gasteiger partial charge in [0.1, 0.15) is 71.3 Å². The molecule has 12 amide bonds. The maximum Gasteiger partial charge on any atom is 0.305 e. The number of aromatic nitrogens is 4. The number of halogens is 2. The predicted octanol–water partition coefficient (Wildman–Crippen LogP) is 0.549. The summed E-state index contributed by atoms with van der Waals surface area (Å²) >= 11 is 0. The van der Waals surface area contributed by atoms with E-state index >= 15 is 19.2 Å². The average Bonchev–Trinajstić information content (AvgIpc) is 1.87. The lowest BCUT2D eigenvalue weighted by molar-refractivity contribution is -0.147. The first-order valence-corrected chi connectivity index (χ1v) is 33.7. The number of phenolic OH excluding ortho intramolecular Hbond substituents is 1. The monoisotopic (exact) mass is 1440 g/mol. The van der Waals surface area contributed by atoms with Gasteiger partial charge < -0.3 is 89.0 Å². The average molecular weight is 1440 g/mol. The van der Waals surface area contributed by atoms with E-state index in [1.807, 2.05) is 0 Å². The zero-order chi connectivity index (χ0) is 74.9. The number of carboxylic acid groups (broad SMARTS) is 1. The minimum atomic E-state index is -2.07. The molecule has 10 rings (SSSR count). The Hall–Kier alpha value is -12.1. The van der Waals surface area contributed by atoms with E-state index in [0.29, 0.717) is 41.3 Å². The highest BCUT2D eigenvalue weighted by atomic mass is 19.1. The molecule has 3 aliphatic heterocycles. The first kappa shape index (κ1) is 76.1. The zero-order valence-electron chi connectivity index (χ0n) is 57.0. The summed E-state index contributed by atoms with van der Waals surface area (Å²) in [5.74, 6) is -13.8. The first-order valence-electron chi connectivity index (χ1n) is 33.7. The Morgan fingerprint density at radius 3 is 1.93 bits per heavy atom. The van der Waals surface area contributed by atoms with Crippen molar-refractivity contribution in [2.75, 3.05) is 19.6 Å². The minimum Gasteiger partial charge on any atom is -0.508 e. The number of rotatable bonds is 12. The van der Waals surface area contributed by atoms with Crippen molar-refractivity contribution in [1.29, 1.82) is 0 Å². The Bertz CT molecular complexity index is 4360. The van der Waals surface area contributed by atoms with Crippen LogP contribution in [0.4, 0.5) is 8.78 Å². The summed E-state index contributed by atoms with van der Waals surface area (Å²) < 4.78 is 29.4. The molecule has 6 heterocycles. The minimum absolute atomic E-state index is 0.0297. The lowest BCUT2D eigenvalue weighted by Crippen LogP contribution is -2.63. The second-order valence-electron chi connectivity index (χ2n) is 26.0. The molecule has 550 valence electrons. The molecule has 0 spiro atoms. The van der Waals surface area contributed by atoms with Gasteiger partial charge in [0.15, 0.2) is 0 Å². The number of amides is 12. The number of primary amides is 1. The molecule has 0 unspecified atom stereocenters. The summed E-state index contributed by atoms with van der Waals surface area (Å²) in [5.41, 5.74) is 6.84. The van der Waals surface area contributed by atoms with E-state index in [0.717, 1.165) is 12.1 Å². The molecule has 9 atom stereocenters. The van der Waals surface area contributed by atoms with Crippen molar-refractivity contribution in [1.82, 2.24) is 78.0 Å². The second-order valence-corrected chi connectivity index (χ2v) is 26.0. The van der Waals surface area contributed by atoms with Gasteiger partial charge in [-0.25, -0.2) is 13.8 Å². The number of fused-ring (bicyclic) bond motifs is 36. The fraction of sp³-hybridized carbons (Fsp3) is 0.380. The highest BCUT2D eigenvalue weighted by Gasteiger charge is 2.49. The highest BCUT2D eigenvalue weighted by molar-refractivity contribution is 6.01. The molecule has 1 saturated heterocycles. The Balaban J connectivity index is 1.05. The molecule has 104 heavy (non-hydrogen) atoms. The van der Waals surface area contributed by atoms with Gasteiger partial charge in [0.2, 0.25) is 65.0 Å². The third-order valence-corrected chi connectivity index (χ3v) is 18.2. The summed E-state index contributed by atoms with van der Waals surface area (Å²) in [4.78, 5) is 196. The van der Waals surface area contributed by atoms with E-state index in [1.165, 1.54) is 111 Å². The number of carbonyl (C=O) groups excluding carboxylic acids is 12. The number of carbonyl (C=O) groups is 13. The molecular formula is C71H82F2N16O15. The van der Waals surface area contributed by atoms with Crippen LogP contribution in [0.2, 0.25) is 0 Å². The standard InChI is InChI=1S/C71H82F2N16O15/c1-37-62(96)79-35-59(92)83-54(27-43-33-77-50-20-16-44(72)28-49(43)50)65(99)84-55(26-42-32-78-52-29-45(73)15-19-48(42)52)66(100)86-57(31-60(93)94)68(102)85-56(30-46-34-75-36-80-46)67(101)87-58(25-40-11-17-47(91)18-12-40)69(103)89-23-7-21-71(89,3)70(104)88-53(61(74)95)24-39-9-13-41(14-10-39)63(97)76-22-6-4-5-8-51(64(98)81-37)82-38(2)90/h9-20,28-29,32-34,36-37,51,53-58,77-78,91H,4-8,21-27,30-31,35H2,1-3H3,(H2,74,95)(H,75,80)(H,76,97)(H,79,96)(H,81,98)(H,82,90)(H,83,92)(H,84,99)(H,85,102)(H,86,100)(H,87,101)(H,88,104)(H,93,94)/t37-,51-,53-,54-,55-,56-,57-,58-,71-/m0/s1. The van der Waals surface area contributed by atoms with Crippen molar-refractivity contribution >= 4 is 98.7 Å². The quantitative estimate of drug-likeness (QED) is 0.0743.